The zero-order chi connectivity index (χ0) is 19.3. The molecule has 0 aromatic heterocycles. The van der Waals surface area contributed by atoms with E-state index in [9.17, 15) is 14.4 Å². The number of ether oxygens (including phenoxy) is 1. The molecule has 0 saturated heterocycles. The molecule has 0 atom stereocenters. The average Bonchev–Trinajstić information content (AvgIpc) is 2.93. The summed E-state index contributed by atoms with van der Waals surface area (Å²) in [6, 6.07) is 5.11. The van der Waals surface area contributed by atoms with Crippen molar-refractivity contribution in [3.8, 4) is 0 Å². The molecule has 2 rings (SSSR count). The maximum absolute atomic E-state index is 12.6. The Bertz CT molecular complexity index is 757. The standard InChI is InChI=1S/C18H23N3O5/c1-4-19-16(23)12-6-5-7-14(11(12)2)20-15-13(18(25)26-3)10-21(8-9-22)17(15)24/h5-7,20,22H,4,8-10H2,1-3H3,(H,19,23). The third-order valence-electron chi connectivity index (χ3n) is 4.13. The van der Waals surface area contributed by atoms with Crippen LogP contribution in [0.4, 0.5) is 5.69 Å². The fraction of sp³-hybridized carbons (Fsp3) is 0.389. The molecule has 0 bridgehead atoms. The average molecular weight is 361 g/mol. The van der Waals surface area contributed by atoms with Crippen LogP contribution in [-0.4, -0.2) is 61.1 Å². The van der Waals surface area contributed by atoms with Crippen molar-refractivity contribution in [3.05, 3.63) is 40.6 Å². The Labute approximate surface area is 151 Å². The van der Waals surface area contributed by atoms with E-state index >= 15 is 0 Å². The minimum Gasteiger partial charge on any atom is -0.466 e. The predicted molar refractivity (Wildman–Crippen MR) is 95.5 cm³/mol. The van der Waals surface area contributed by atoms with Crippen molar-refractivity contribution >= 4 is 23.5 Å². The summed E-state index contributed by atoms with van der Waals surface area (Å²) in [4.78, 5) is 38.1. The first-order valence-corrected chi connectivity index (χ1v) is 8.31. The summed E-state index contributed by atoms with van der Waals surface area (Å²) < 4.78 is 4.76. The van der Waals surface area contributed by atoms with Crippen LogP contribution in [0, 0.1) is 6.92 Å². The lowest BCUT2D eigenvalue weighted by atomic mass is 10.1. The van der Waals surface area contributed by atoms with Gasteiger partial charge in [-0.2, -0.15) is 0 Å². The molecule has 8 nitrogen and oxygen atoms in total. The first kappa shape index (κ1) is 19.5. The number of hydrogen-bond acceptors (Lipinski definition) is 6. The second-order valence-corrected chi connectivity index (χ2v) is 5.76. The van der Waals surface area contributed by atoms with E-state index < -0.39 is 11.9 Å². The molecule has 0 spiro atoms. The van der Waals surface area contributed by atoms with Crippen molar-refractivity contribution in [2.45, 2.75) is 13.8 Å². The van der Waals surface area contributed by atoms with Crippen molar-refractivity contribution in [1.29, 1.82) is 0 Å². The number of methoxy groups -OCH3 is 1. The normalized spacial score (nSPS) is 13.8. The highest BCUT2D eigenvalue weighted by Gasteiger charge is 2.34. The Morgan fingerprint density at radius 3 is 2.69 bits per heavy atom. The number of carbonyl (C=O) groups excluding carboxylic acids is 3. The van der Waals surface area contributed by atoms with Gasteiger partial charge in [0, 0.05) is 24.3 Å². The third kappa shape index (κ3) is 3.85. The van der Waals surface area contributed by atoms with Crippen molar-refractivity contribution in [1.82, 2.24) is 10.2 Å². The van der Waals surface area contributed by atoms with Crippen molar-refractivity contribution in [2.75, 3.05) is 38.7 Å². The third-order valence-corrected chi connectivity index (χ3v) is 4.13. The summed E-state index contributed by atoms with van der Waals surface area (Å²) in [6.45, 7) is 4.05. The van der Waals surface area contributed by atoms with Gasteiger partial charge < -0.3 is 25.4 Å². The molecule has 1 aromatic carbocycles. The second kappa shape index (κ2) is 8.48. The van der Waals surface area contributed by atoms with Gasteiger partial charge >= 0.3 is 5.97 Å². The smallest absolute Gasteiger partial charge is 0.337 e. The molecule has 1 heterocycles. The van der Waals surface area contributed by atoms with Crippen LogP contribution in [0.15, 0.2) is 29.5 Å². The molecule has 8 heteroatoms. The summed E-state index contributed by atoms with van der Waals surface area (Å²) in [6.07, 6.45) is 0. The molecule has 1 aliphatic rings. The van der Waals surface area contributed by atoms with E-state index in [0.717, 1.165) is 0 Å². The van der Waals surface area contributed by atoms with Gasteiger partial charge in [0.15, 0.2) is 0 Å². The molecule has 2 amide bonds. The van der Waals surface area contributed by atoms with Crippen LogP contribution >= 0.6 is 0 Å². The van der Waals surface area contributed by atoms with Crippen LogP contribution in [0.3, 0.4) is 0 Å². The van der Waals surface area contributed by atoms with Crippen molar-refractivity contribution in [3.63, 3.8) is 0 Å². The Kier molecular flexibility index (Phi) is 6.35. The Balaban J connectivity index is 2.38. The molecule has 0 saturated carbocycles. The van der Waals surface area contributed by atoms with Gasteiger partial charge in [0.1, 0.15) is 5.70 Å². The number of carbonyl (C=O) groups is 3. The number of esters is 1. The minimum absolute atomic E-state index is 0.0590. The molecular weight excluding hydrogens is 338 g/mol. The van der Waals surface area contributed by atoms with E-state index in [-0.39, 0.29) is 36.9 Å². The van der Waals surface area contributed by atoms with Gasteiger partial charge in [0.05, 0.1) is 25.8 Å². The number of aliphatic hydroxyl groups is 1. The van der Waals surface area contributed by atoms with Gasteiger partial charge in [-0.15, -0.1) is 0 Å². The lowest BCUT2D eigenvalue weighted by Gasteiger charge is -2.16. The Morgan fingerprint density at radius 2 is 2.08 bits per heavy atom. The van der Waals surface area contributed by atoms with E-state index in [4.69, 9.17) is 9.84 Å². The molecule has 1 aliphatic heterocycles. The van der Waals surface area contributed by atoms with E-state index in [1.54, 1.807) is 25.1 Å². The highest BCUT2D eigenvalue weighted by Crippen LogP contribution is 2.26. The maximum atomic E-state index is 12.6. The van der Waals surface area contributed by atoms with Gasteiger partial charge in [-0.3, -0.25) is 9.59 Å². The Morgan fingerprint density at radius 1 is 1.35 bits per heavy atom. The highest BCUT2D eigenvalue weighted by molar-refractivity contribution is 6.09. The van der Waals surface area contributed by atoms with Crippen LogP contribution in [-0.2, 0) is 14.3 Å². The van der Waals surface area contributed by atoms with E-state index in [1.807, 2.05) is 6.92 Å². The van der Waals surface area contributed by atoms with Crippen LogP contribution in [0.5, 0.6) is 0 Å². The van der Waals surface area contributed by atoms with Crippen molar-refractivity contribution < 1.29 is 24.2 Å². The molecule has 0 aliphatic carbocycles. The number of β-amino-alcohol motifs (C(OH)–C–C–N with tert-alkyl or cyclic N) is 1. The number of aliphatic hydroxyl groups excluding tert-OH is 1. The van der Waals surface area contributed by atoms with Gasteiger partial charge in [0.25, 0.3) is 11.8 Å². The SMILES string of the molecule is CCNC(=O)c1cccc(NC2=C(C(=O)OC)CN(CCO)C2=O)c1C. The molecule has 3 N–H and O–H groups in total. The summed E-state index contributed by atoms with van der Waals surface area (Å²) in [5, 5.41) is 14.8. The zero-order valence-electron chi connectivity index (χ0n) is 15.1. The number of amides is 2. The van der Waals surface area contributed by atoms with Gasteiger partial charge in [0.2, 0.25) is 0 Å². The minimum atomic E-state index is -0.612. The molecule has 0 unspecified atom stereocenters. The van der Waals surface area contributed by atoms with Gasteiger partial charge in [-0.25, -0.2) is 4.79 Å². The van der Waals surface area contributed by atoms with E-state index in [0.29, 0.717) is 23.4 Å². The highest BCUT2D eigenvalue weighted by atomic mass is 16.5. The topological polar surface area (TPSA) is 108 Å². The number of nitrogens with one attached hydrogen (secondary N) is 2. The summed E-state index contributed by atoms with van der Waals surface area (Å²) in [5.41, 5.74) is 1.97. The predicted octanol–water partition coefficient (Wildman–Crippen LogP) is 0.418. The molecule has 0 radical (unpaired) electrons. The number of nitrogens with zero attached hydrogens (tertiary/aromatic N) is 1. The van der Waals surface area contributed by atoms with E-state index in [2.05, 4.69) is 10.6 Å². The summed E-state index contributed by atoms with van der Waals surface area (Å²) in [5.74, 6) is -1.23. The van der Waals surface area contributed by atoms with Crippen molar-refractivity contribution in [2.24, 2.45) is 0 Å². The molecule has 1 aromatic rings. The van der Waals surface area contributed by atoms with E-state index in [1.165, 1.54) is 12.0 Å². The van der Waals surface area contributed by atoms with Crippen LogP contribution < -0.4 is 10.6 Å². The first-order chi connectivity index (χ1) is 12.4. The lowest BCUT2D eigenvalue weighted by Crippen LogP contribution is -2.31. The molecule has 26 heavy (non-hydrogen) atoms. The maximum Gasteiger partial charge on any atom is 0.337 e. The molecular formula is C18H23N3O5. The number of hydrogen-bond donors (Lipinski definition) is 3. The molecule has 0 fully saturated rings. The van der Waals surface area contributed by atoms with Crippen LogP contribution in [0.25, 0.3) is 0 Å². The number of anilines is 1. The quantitative estimate of drug-likeness (QED) is 0.608. The monoisotopic (exact) mass is 361 g/mol. The zero-order valence-corrected chi connectivity index (χ0v) is 15.1. The van der Waals surface area contributed by atoms with Gasteiger partial charge in [-0.05, 0) is 31.5 Å². The Hall–Kier alpha value is -2.87. The number of benzene rings is 1. The van der Waals surface area contributed by atoms with Crippen LogP contribution in [0.2, 0.25) is 0 Å². The van der Waals surface area contributed by atoms with Gasteiger partial charge in [-0.1, -0.05) is 6.07 Å². The van der Waals surface area contributed by atoms with Crippen LogP contribution in [0.1, 0.15) is 22.8 Å². The second-order valence-electron chi connectivity index (χ2n) is 5.76. The fourth-order valence-corrected chi connectivity index (χ4v) is 2.76. The molecule has 140 valence electrons. The summed E-state index contributed by atoms with van der Waals surface area (Å²) >= 11 is 0. The number of rotatable bonds is 7. The first-order valence-electron chi connectivity index (χ1n) is 8.31. The summed E-state index contributed by atoms with van der Waals surface area (Å²) in [7, 11) is 1.24. The largest absolute Gasteiger partial charge is 0.466 e. The lowest BCUT2D eigenvalue weighted by molar-refractivity contribution is -0.136. The fourth-order valence-electron chi connectivity index (χ4n) is 2.76.